The van der Waals surface area contributed by atoms with E-state index in [9.17, 15) is 10.2 Å². The second kappa shape index (κ2) is 30.0. The van der Waals surface area contributed by atoms with Crippen LogP contribution in [0.5, 0.6) is 11.5 Å². The third kappa shape index (κ3) is 13.9. The third-order valence-electron chi connectivity index (χ3n) is 23.5. The van der Waals surface area contributed by atoms with E-state index in [1.54, 1.807) is 12.1 Å². The van der Waals surface area contributed by atoms with Crippen LogP contribution in [0.4, 0.5) is 0 Å². The minimum atomic E-state index is -0.757. The number of aromatic nitrogens is 4. The predicted octanol–water partition coefficient (Wildman–Crippen LogP) is 26.4. The van der Waals surface area contributed by atoms with Gasteiger partial charge in [-0.25, -0.2) is 0 Å². The summed E-state index contributed by atoms with van der Waals surface area (Å²) in [6.07, 6.45) is 3.83. The van der Waals surface area contributed by atoms with Crippen LogP contribution in [0.25, 0.3) is 100.0 Å². The first-order valence-electron chi connectivity index (χ1n) is 39.3. The Balaban J connectivity index is 0.000000186. The molecule has 0 unspecified atom stereocenters. The molecule has 0 radical (unpaired) electrons. The van der Waals surface area contributed by atoms with Gasteiger partial charge in [0, 0.05) is 65.7 Å². The molecule has 8 heteroatoms. The Hall–Kier alpha value is -10.5. The minimum absolute atomic E-state index is 0. The summed E-state index contributed by atoms with van der Waals surface area (Å²) in [6.45, 7) is 40.4. The molecule has 0 amide bonds. The number of phenolic OH excluding ortho intramolecular Hbond substituents is 2. The molecule has 0 fully saturated rings. The van der Waals surface area contributed by atoms with Crippen molar-refractivity contribution in [2.75, 3.05) is 0 Å². The number of pyridine rings is 4. The average molecular weight is 1850 g/mol. The first-order chi connectivity index (χ1) is 53.3. The smallest absolute Gasteiger partial charge is 0.124 e. The van der Waals surface area contributed by atoms with E-state index >= 15 is 0 Å². The van der Waals surface area contributed by atoms with E-state index in [-0.39, 0.29) is 75.3 Å². The van der Waals surface area contributed by atoms with Gasteiger partial charge in [0.1, 0.15) is 11.5 Å². The van der Waals surface area contributed by atoms with Crippen molar-refractivity contribution in [3.63, 3.8) is 0 Å². The van der Waals surface area contributed by atoms with Gasteiger partial charge in [0.25, 0.3) is 0 Å². The van der Waals surface area contributed by atoms with Crippen LogP contribution in [0, 0.1) is 53.7 Å². The van der Waals surface area contributed by atoms with Crippen LogP contribution in [-0.2, 0) is 74.6 Å². The first-order valence-corrected chi connectivity index (χ1v) is 39.3. The van der Waals surface area contributed by atoms with E-state index in [4.69, 9.17) is 19.9 Å². The largest absolute Gasteiger partial charge is 0.507 e. The minimum Gasteiger partial charge on any atom is -0.507 e. The summed E-state index contributed by atoms with van der Waals surface area (Å²) in [5.74, 6) is 0.404. The van der Waals surface area contributed by atoms with Gasteiger partial charge in [-0.1, -0.05) is 246 Å². The quantitative estimate of drug-likeness (QED) is 0.111. The van der Waals surface area contributed by atoms with Crippen molar-refractivity contribution in [3.8, 4) is 89.8 Å². The molecule has 4 heterocycles. The maximum absolute atomic E-state index is 11.2. The molecule has 6 nitrogen and oxygen atoms in total. The molecule has 0 saturated heterocycles. The fourth-order valence-corrected chi connectivity index (χ4v) is 18.0. The summed E-state index contributed by atoms with van der Waals surface area (Å²) in [5.41, 5.74) is 34.2. The Kier molecular flexibility index (Phi) is 21.1. The summed E-state index contributed by atoms with van der Waals surface area (Å²) in [6, 6.07) is 94.5. The molecule has 0 atom stereocenters. The van der Waals surface area contributed by atoms with E-state index < -0.39 is 10.8 Å². The summed E-state index contributed by atoms with van der Waals surface area (Å²) in [5, 5.41) is 25.3. The molecule has 114 heavy (non-hydrogen) atoms. The summed E-state index contributed by atoms with van der Waals surface area (Å²) < 4.78 is 0. The van der Waals surface area contributed by atoms with E-state index in [1.165, 1.54) is 111 Å². The Morgan fingerprint density at radius 3 is 1.14 bits per heavy atom. The van der Waals surface area contributed by atoms with Gasteiger partial charge in [-0.2, -0.15) is 0 Å². The summed E-state index contributed by atoms with van der Waals surface area (Å²) in [4.78, 5) is 21.1. The Morgan fingerprint density at radius 1 is 0.325 bits per heavy atom. The fraction of sp³-hybridized carbons (Fsp3) is 0.226. The van der Waals surface area contributed by atoms with Gasteiger partial charge in [-0.15, -0.1) is 69.9 Å². The van der Waals surface area contributed by atoms with Crippen molar-refractivity contribution in [2.45, 2.75) is 157 Å². The second-order valence-corrected chi connectivity index (χ2v) is 35.5. The maximum atomic E-state index is 11.2. The molecule has 2 N–H and O–H groups in total. The number of benzene rings is 11. The van der Waals surface area contributed by atoms with Gasteiger partial charge in [0.2, 0.25) is 0 Å². The van der Waals surface area contributed by atoms with Gasteiger partial charge >= 0.3 is 0 Å². The summed E-state index contributed by atoms with van der Waals surface area (Å²) in [7, 11) is 0. The van der Waals surface area contributed by atoms with Gasteiger partial charge in [-0.05, 0) is 252 Å². The first kappa shape index (κ1) is 80.1. The normalized spacial score (nSPS) is 13.2. The third-order valence-corrected chi connectivity index (χ3v) is 23.5. The number of aromatic hydroxyl groups is 2. The number of nitrogens with zero attached hydrogens (tertiary/aromatic N) is 4. The fourth-order valence-electron chi connectivity index (χ4n) is 18.0. The molecule has 0 aliphatic heterocycles. The molecule has 2 aliphatic rings. The molecule has 2 aliphatic carbocycles. The van der Waals surface area contributed by atoms with Crippen LogP contribution in [0.15, 0.2) is 255 Å². The predicted molar refractivity (Wildman–Crippen MR) is 465 cm³/mol. The zero-order chi connectivity index (χ0) is 78.9. The van der Waals surface area contributed by atoms with Crippen molar-refractivity contribution < 1.29 is 52.3 Å². The molecule has 0 spiro atoms. The van der Waals surface area contributed by atoms with Gasteiger partial charge in [0.15, 0.2) is 0 Å². The second-order valence-electron chi connectivity index (χ2n) is 35.5. The molecular formula is C106H98N4O2Pt2-2. The monoisotopic (exact) mass is 1850 g/mol. The van der Waals surface area contributed by atoms with Crippen LogP contribution in [0.3, 0.4) is 0 Å². The van der Waals surface area contributed by atoms with Gasteiger partial charge in [0.05, 0.1) is 33.6 Å². The molecule has 4 aromatic heterocycles. The Labute approximate surface area is 702 Å². The van der Waals surface area contributed by atoms with Crippen LogP contribution in [-0.4, -0.2) is 30.1 Å². The van der Waals surface area contributed by atoms with Crippen molar-refractivity contribution in [1.29, 1.82) is 0 Å². The summed E-state index contributed by atoms with van der Waals surface area (Å²) >= 11 is 0. The van der Waals surface area contributed by atoms with E-state index in [1.807, 2.05) is 60.9 Å². The zero-order valence-corrected chi connectivity index (χ0v) is 73.1. The van der Waals surface area contributed by atoms with Crippen molar-refractivity contribution in [3.05, 3.63) is 368 Å². The Morgan fingerprint density at radius 2 is 0.719 bits per heavy atom. The van der Waals surface area contributed by atoms with Crippen LogP contribution < -0.4 is 0 Å². The van der Waals surface area contributed by atoms with E-state index in [0.29, 0.717) is 16.8 Å². The zero-order valence-electron chi connectivity index (χ0n) is 68.6. The van der Waals surface area contributed by atoms with Gasteiger partial charge in [-0.3, -0.25) is 19.9 Å². The van der Waals surface area contributed by atoms with Crippen molar-refractivity contribution in [1.82, 2.24) is 19.9 Å². The average Bonchev–Trinajstić information content (AvgIpc) is 1.52. The number of para-hydroxylation sites is 2. The van der Waals surface area contributed by atoms with E-state index in [2.05, 4.69) is 319 Å². The van der Waals surface area contributed by atoms with Crippen LogP contribution in [0.1, 0.15) is 183 Å². The molecule has 15 aromatic rings. The number of hydrogen-bond acceptors (Lipinski definition) is 6. The van der Waals surface area contributed by atoms with Crippen molar-refractivity contribution in [2.24, 2.45) is 0 Å². The molecular weight excluding hydrogens is 1750 g/mol. The SMILES string of the molecule is Cc1cc(C)c(-c2cc(-c3[c-]c(C4(c5ccccn5)c5cc(C(C)(C)C)ccc5-c5ccc(C(C)(C)C)cc54)ccc3)nc(-c3ccccc3O)c2)c(C)c1.Cc1cc(C)c(-c2cc(-c3ccccc3O)nc3c2ccc2ccc(C4(c5ccccn5)c5cc(C(C)(C)C)ccc5-c5ccc(C(C)(C)C)cc54)[c-]c23)c(C)c1.[Pt].[Pt]. The maximum Gasteiger partial charge on any atom is 0.124 e. The van der Waals surface area contributed by atoms with Crippen LogP contribution >= 0.6 is 0 Å². The van der Waals surface area contributed by atoms with Gasteiger partial charge < -0.3 is 10.2 Å². The van der Waals surface area contributed by atoms with Crippen LogP contribution in [0.2, 0.25) is 0 Å². The number of fused-ring (bicyclic) bond motifs is 9. The topological polar surface area (TPSA) is 92.0 Å². The van der Waals surface area contributed by atoms with E-state index in [0.717, 1.165) is 72.3 Å². The standard InChI is InChI=1S/C54H49N2O.C52H49N2O.2Pt/c1-32-26-33(2)50(34(3)27-32)44-31-47(42-14-10-11-15-48(42)57)56-51-41(44)22-18-35-17-19-38(28-43(35)51)54(49-16-12-13-25-55-49)45-29-36(52(4,5)6)20-23-39(45)40-24-21-37(30-46(40)54)53(7,8)9;1-32-25-33(2)49(34(3)26-32)36-28-45(54-46(29-36)42-17-10-11-18-47(42)55)35-15-14-16-39(27-35)52(48-19-12-13-24-53-48)43-30-37(50(4,5)6)20-22-40(43)41-23-21-38(31-44(41)52)51(7,8)9;;/h10-27,29-31,57H,1-9H3;10-26,28-31,55H,1-9H3;;/q2*-1;;. The molecule has 576 valence electrons. The molecule has 0 bridgehead atoms. The number of hydrogen-bond donors (Lipinski definition) is 2. The molecule has 11 aromatic carbocycles. The van der Waals surface area contributed by atoms with Crippen molar-refractivity contribution >= 4 is 21.7 Å². The number of phenols is 2. The number of aryl methyl sites for hydroxylation is 6. The Bertz CT molecular complexity index is 6110. The molecule has 0 saturated carbocycles. The molecule has 17 rings (SSSR count). The number of rotatable bonds is 9.